The maximum absolute atomic E-state index is 10.2. The molecule has 0 radical (unpaired) electrons. The first-order chi connectivity index (χ1) is 8.15. The molecular weight excluding hydrogens is 210 g/mol. The van der Waals surface area contributed by atoms with Crippen LogP contribution in [0.5, 0.6) is 0 Å². The number of rotatable bonds is 3. The van der Waals surface area contributed by atoms with E-state index in [1.165, 1.54) is 18.4 Å². The Bertz CT molecular complexity index is 364. The molecule has 1 saturated heterocycles. The van der Waals surface area contributed by atoms with Gasteiger partial charge in [-0.3, -0.25) is 0 Å². The summed E-state index contributed by atoms with van der Waals surface area (Å²) in [5.41, 5.74) is 2.26. The van der Waals surface area contributed by atoms with Gasteiger partial charge < -0.3 is 10.0 Å². The highest BCUT2D eigenvalue weighted by atomic mass is 16.3. The largest absolute Gasteiger partial charge is 0.387 e. The standard InChI is InChI=1S/C15H23NO/c1-12-5-3-7-14(9-12)15(17)11-16-8-4-6-13(2)10-16/h3,5,7,9,13,15,17H,4,6,8,10-11H2,1-2H3. The van der Waals surface area contributed by atoms with Crippen LogP contribution in [0.2, 0.25) is 0 Å². The maximum atomic E-state index is 10.2. The van der Waals surface area contributed by atoms with Crippen molar-refractivity contribution in [3.05, 3.63) is 35.4 Å². The van der Waals surface area contributed by atoms with Crippen LogP contribution >= 0.6 is 0 Å². The fraction of sp³-hybridized carbons (Fsp3) is 0.600. The Balaban J connectivity index is 1.94. The molecule has 2 atom stereocenters. The Morgan fingerprint density at radius 3 is 3.00 bits per heavy atom. The molecule has 1 aliphatic heterocycles. The minimum atomic E-state index is -0.347. The molecule has 1 aromatic carbocycles. The monoisotopic (exact) mass is 233 g/mol. The van der Waals surface area contributed by atoms with Crippen molar-refractivity contribution in [1.82, 2.24) is 4.90 Å². The molecule has 94 valence electrons. The van der Waals surface area contributed by atoms with Crippen LogP contribution in [0.15, 0.2) is 24.3 Å². The second-order valence-corrected chi connectivity index (χ2v) is 5.44. The molecule has 1 N–H and O–H groups in total. The van der Waals surface area contributed by atoms with Gasteiger partial charge in [0, 0.05) is 13.1 Å². The lowest BCUT2D eigenvalue weighted by molar-refractivity contribution is 0.0875. The number of piperidine rings is 1. The zero-order chi connectivity index (χ0) is 12.3. The van der Waals surface area contributed by atoms with Crippen LogP contribution in [0.1, 0.15) is 37.0 Å². The molecule has 0 spiro atoms. The van der Waals surface area contributed by atoms with Gasteiger partial charge in [0.1, 0.15) is 0 Å². The molecular formula is C15H23NO. The fourth-order valence-corrected chi connectivity index (χ4v) is 2.68. The smallest absolute Gasteiger partial charge is 0.0917 e. The second kappa shape index (κ2) is 5.65. The zero-order valence-electron chi connectivity index (χ0n) is 10.9. The average molecular weight is 233 g/mol. The summed E-state index contributed by atoms with van der Waals surface area (Å²) < 4.78 is 0. The lowest BCUT2D eigenvalue weighted by atomic mass is 9.99. The molecule has 1 heterocycles. The van der Waals surface area contributed by atoms with E-state index in [9.17, 15) is 5.11 Å². The van der Waals surface area contributed by atoms with Gasteiger partial charge in [-0.1, -0.05) is 36.8 Å². The molecule has 1 fully saturated rings. The van der Waals surface area contributed by atoms with Gasteiger partial charge in [-0.15, -0.1) is 0 Å². The Hall–Kier alpha value is -0.860. The van der Waals surface area contributed by atoms with Crippen molar-refractivity contribution in [2.45, 2.75) is 32.8 Å². The Labute approximate surface area is 104 Å². The van der Waals surface area contributed by atoms with Crippen molar-refractivity contribution in [3.8, 4) is 0 Å². The summed E-state index contributed by atoms with van der Waals surface area (Å²) in [6, 6.07) is 8.19. The molecule has 0 amide bonds. The number of aryl methyl sites for hydroxylation is 1. The van der Waals surface area contributed by atoms with Gasteiger partial charge in [0.15, 0.2) is 0 Å². The van der Waals surface area contributed by atoms with E-state index in [1.54, 1.807) is 0 Å². The van der Waals surface area contributed by atoms with Crippen LogP contribution in [0.25, 0.3) is 0 Å². The number of nitrogens with zero attached hydrogens (tertiary/aromatic N) is 1. The summed E-state index contributed by atoms with van der Waals surface area (Å²) in [7, 11) is 0. The minimum absolute atomic E-state index is 0.347. The van der Waals surface area contributed by atoms with Gasteiger partial charge in [-0.05, 0) is 37.8 Å². The Kier molecular flexibility index (Phi) is 4.19. The van der Waals surface area contributed by atoms with Crippen LogP contribution in [-0.2, 0) is 0 Å². The van der Waals surface area contributed by atoms with Crippen LogP contribution < -0.4 is 0 Å². The number of benzene rings is 1. The predicted molar refractivity (Wildman–Crippen MR) is 71.0 cm³/mol. The van der Waals surface area contributed by atoms with E-state index in [-0.39, 0.29) is 6.10 Å². The molecule has 2 unspecified atom stereocenters. The van der Waals surface area contributed by atoms with Gasteiger partial charge >= 0.3 is 0 Å². The summed E-state index contributed by atoms with van der Waals surface area (Å²) in [5, 5.41) is 10.2. The molecule has 1 aromatic rings. The van der Waals surface area contributed by atoms with Crippen LogP contribution in [0, 0.1) is 12.8 Å². The summed E-state index contributed by atoms with van der Waals surface area (Å²) in [6.07, 6.45) is 2.25. The number of β-amino-alcohol motifs (C(OH)–C–C–N with tert-alkyl or cyclic N) is 1. The van der Waals surface area contributed by atoms with Crippen LogP contribution in [0.3, 0.4) is 0 Å². The van der Waals surface area contributed by atoms with Crippen molar-refractivity contribution in [1.29, 1.82) is 0 Å². The van der Waals surface area contributed by atoms with Crippen molar-refractivity contribution in [2.75, 3.05) is 19.6 Å². The van der Waals surface area contributed by atoms with E-state index in [4.69, 9.17) is 0 Å². The SMILES string of the molecule is Cc1cccc(C(O)CN2CCCC(C)C2)c1. The Morgan fingerprint density at radius 1 is 1.47 bits per heavy atom. The van der Waals surface area contributed by atoms with Gasteiger partial charge in [0.05, 0.1) is 6.10 Å². The Morgan fingerprint density at radius 2 is 2.29 bits per heavy atom. The maximum Gasteiger partial charge on any atom is 0.0917 e. The second-order valence-electron chi connectivity index (χ2n) is 5.44. The molecule has 17 heavy (non-hydrogen) atoms. The number of likely N-dealkylation sites (tertiary alicyclic amines) is 1. The highest BCUT2D eigenvalue weighted by Crippen LogP contribution is 2.20. The molecule has 2 heteroatoms. The third kappa shape index (κ3) is 3.55. The zero-order valence-corrected chi connectivity index (χ0v) is 10.9. The molecule has 0 saturated carbocycles. The summed E-state index contributed by atoms with van der Waals surface area (Å²) in [6.45, 7) is 7.40. The average Bonchev–Trinajstić information content (AvgIpc) is 2.29. The first-order valence-electron chi connectivity index (χ1n) is 6.62. The van der Waals surface area contributed by atoms with E-state index < -0.39 is 0 Å². The minimum Gasteiger partial charge on any atom is -0.387 e. The van der Waals surface area contributed by atoms with Gasteiger partial charge in [0.25, 0.3) is 0 Å². The van der Waals surface area contributed by atoms with Crippen molar-refractivity contribution in [2.24, 2.45) is 5.92 Å². The van der Waals surface area contributed by atoms with Gasteiger partial charge in [-0.2, -0.15) is 0 Å². The summed E-state index contributed by atoms with van der Waals surface area (Å²) in [5.74, 6) is 0.772. The first kappa shape index (κ1) is 12.6. The molecule has 0 bridgehead atoms. The van der Waals surface area contributed by atoms with Crippen molar-refractivity contribution < 1.29 is 5.11 Å². The topological polar surface area (TPSA) is 23.5 Å². The molecule has 0 aromatic heterocycles. The summed E-state index contributed by atoms with van der Waals surface area (Å²) in [4.78, 5) is 2.39. The normalized spacial score (nSPS) is 23.6. The highest BCUT2D eigenvalue weighted by molar-refractivity contribution is 5.24. The van der Waals surface area contributed by atoms with Crippen LogP contribution in [-0.4, -0.2) is 29.6 Å². The van der Waals surface area contributed by atoms with Crippen LogP contribution in [0.4, 0.5) is 0 Å². The first-order valence-corrected chi connectivity index (χ1v) is 6.62. The fourth-order valence-electron chi connectivity index (χ4n) is 2.68. The third-order valence-electron chi connectivity index (χ3n) is 3.60. The quantitative estimate of drug-likeness (QED) is 0.867. The lowest BCUT2D eigenvalue weighted by Gasteiger charge is -2.32. The van der Waals surface area contributed by atoms with Gasteiger partial charge in [-0.25, -0.2) is 0 Å². The predicted octanol–water partition coefficient (Wildman–Crippen LogP) is 2.76. The summed E-state index contributed by atoms with van der Waals surface area (Å²) >= 11 is 0. The number of hydrogen-bond acceptors (Lipinski definition) is 2. The van der Waals surface area contributed by atoms with E-state index in [0.29, 0.717) is 0 Å². The molecule has 2 rings (SSSR count). The molecule has 0 aliphatic carbocycles. The molecule has 1 aliphatic rings. The molecule has 2 nitrogen and oxygen atoms in total. The number of aliphatic hydroxyl groups excluding tert-OH is 1. The van der Waals surface area contributed by atoms with E-state index in [2.05, 4.69) is 30.9 Å². The third-order valence-corrected chi connectivity index (χ3v) is 3.60. The van der Waals surface area contributed by atoms with E-state index in [1.807, 2.05) is 12.1 Å². The van der Waals surface area contributed by atoms with Crippen molar-refractivity contribution >= 4 is 0 Å². The highest BCUT2D eigenvalue weighted by Gasteiger charge is 2.19. The lowest BCUT2D eigenvalue weighted by Crippen LogP contribution is -2.37. The van der Waals surface area contributed by atoms with Gasteiger partial charge in [0.2, 0.25) is 0 Å². The van der Waals surface area contributed by atoms with E-state index in [0.717, 1.165) is 31.1 Å². The number of hydrogen-bond donors (Lipinski definition) is 1. The van der Waals surface area contributed by atoms with Crippen molar-refractivity contribution in [3.63, 3.8) is 0 Å². The number of aliphatic hydroxyl groups is 1. The van der Waals surface area contributed by atoms with E-state index >= 15 is 0 Å².